The van der Waals surface area contributed by atoms with Crippen molar-refractivity contribution in [1.29, 1.82) is 0 Å². The molecule has 0 radical (unpaired) electrons. The van der Waals surface area contributed by atoms with Crippen LogP contribution in [0.2, 0.25) is 0 Å². The largest absolute Gasteiger partial charge is 0.491 e. The predicted octanol–water partition coefficient (Wildman–Crippen LogP) is 5.91. The number of rotatable bonds is 9. The van der Waals surface area contributed by atoms with Gasteiger partial charge in [0.25, 0.3) is 5.91 Å². The van der Waals surface area contributed by atoms with Crippen molar-refractivity contribution in [3.63, 3.8) is 0 Å². The molecule has 150 valence electrons. The van der Waals surface area contributed by atoms with E-state index in [2.05, 4.69) is 37.4 Å². The summed E-state index contributed by atoms with van der Waals surface area (Å²) < 4.78 is 5.90. The third kappa shape index (κ3) is 6.13. The van der Waals surface area contributed by atoms with Crippen molar-refractivity contribution in [3.8, 4) is 5.75 Å². The molecule has 0 saturated carbocycles. The second-order valence-electron chi connectivity index (χ2n) is 7.07. The molecule has 4 heteroatoms. The molecule has 3 nitrogen and oxygen atoms in total. The zero-order valence-corrected chi connectivity index (χ0v) is 17.7. The first-order valence-electron chi connectivity index (χ1n) is 9.91. The van der Waals surface area contributed by atoms with Crippen molar-refractivity contribution >= 4 is 17.7 Å². The quantitative estimate of drug-likeness (QED) is 0.355. The van der Waals surface area contributed by atoms with Crippen molar-refractivity contribution in [2.45, 2.75) is 30.4 Å². The van der Waals surface area contributed by atoms with Crippen LogP contribution in [0.15, 0.2) is 83.8 Å². The molecule has 0 aliphatic heterocycles. The average Bonchev–Trinajstić information content (AvgIpc) is 2.76. The van der Waals surface area contributed by atoms with Crippen LogP contribution in [0.1, 0.15) is 41.3 Å². The molecule has 29 heavy (non-hydrogen) atoms. The molecule has 0 aliphatic rings. The third-order valence-corrected chi connectivity index (χ3v) is 5.70. The topological polar surface area (TPSA) is 38.3 Å². The second kappa shape index (κ2) is 10.7. The standard InChI is InChI=1S/C25H27NO2S/c1-19(2)21-12-6-8-14-23(21)28-17-16-26-25(27)22-13-7-9-15-24(22)29-18-20-10-4-3-5-11-20/h3-15,19H,16-18H2,1-2H3,(H,26,27). The Bertz CT molecular complexity index is 925. The number of para-hydroxylation sites is 1. The summed E-state index contributed by atoms with van der Waals surface area (Å²) >= 11 is 1.68. The smallest absolute Gasteiger partial charge is 0.252 e. The average molecular weight is 406 g/mol. The predicted molar refractivity (Wildman–Crippen MR) is 121 cm³/mol. The van der Waals surface area contributed by atoms with E-state index in [4.69, 9.17) is 4.74 Å². The number of hydrogen-bond donors (Lipinski definition) is 1. The van der Waals surface area contributed by atoms with Gasteiger partial charge in [-0.3, -0.25) is 4.79 Å². The van der Waals surface area contributed by atoms with E-state index >= 15 is 0 Å². The number of carbonyl (C=O) groups is 1. The van der Waals surface area contributed by atoms with Crippen LogP contribution < -0.4 is 10.1 Å². The molecule has 0 unspecified atom stereocenters. The fourth-order valence-electron chi connectivity index (χ4n) is 3.03. The van der Waals surface area contributed by atoms with Gasteiger partial charge >= 0.3 is 0 Å². The van der Waals surface area contributed by atoms with Crippen LogP contribution in [0.3, 0.4) is 0 Å². The van der Waals surface area contributed by atoms with Gasteiger partial charge in [0.05, 0.1) is 12.1 Å². The lowest BCUT2D eigenvalue weighted by Crippen LogP contribution is -2.28. The minimum Gasteiger partial charge on any atom is -0.491 e. The van der Waals surface area contributed by atoms with Gasteiger partial charge in [0.15, 0.2) is 0 Å². The Balaban J connectivity index is 1.53. The van der Waals surface area contributed by atoms with Crippen LogP contribution in [-0.4, -0.2) is 19.1 Å². The number of amides is 1. The summed E-state index contributed by atoms with van der Waals surface area (Å²) in [6, 6.07) is 26.1. The second-order valence-corrected chi connectivity index (χ2v) is 8.08. The molecule has 0 heterocycles. The van der Waals surface area contributed by atoms with Gasteiger partial charge in [-0.2, -0.15) is 0 Å². The van der Waals surface area contributed by atoms with E-state index in [1.807, 2.05) is 60.7 Å². The first-order chi connectivity index (χ1) is 14.1. The SMILES string of the molecule is CC(C)c1ccccc1OCCNC(=O)c1ccccc1SCc1ccccc1. The normalized spacial score (nSPS) is 10.7. The summed E-state index contributed by atoms with van der Waals surface area (Å²) in [6.07, 6.45) is 0. The van der Waals surface area contributed by atoms with Gasteiger partial charge in [-0.25, -0.2) is 0 Å². The molecule has 0 spiro atoms. The summed E-state index contributed by atoms with van der Waals surface area (Å²) in [7, 11) is 0. The molecule has 1 N–H and O–H groups in total. The van der Waals surface area contributed by atoms with Crippen LogP contribution in [0.25, 0.3) is 0 Å². The van der Waals surface area contributed by atoms with Gasteiger partial charge in [0.2, 0.25) is 0 Å². The minimum absolute atomic E-state index is 0.0677. The first-order valence-corrected chi connectivity index (χ1v) is 10.9. The third-order valence-electron chi connectivity index (χ3n) is 4.56. The van der Waals surface area contributed by atoms with E-state index in [1.54, 1.807) is 11.8 Å². The number of nitrogens with one attached hydrogen (secondary N) is 1. The molecule has 3 aromatic carbocycles. The van der Waals surface area contributed by atoms with Crippen molar-refractivity contribution in [2.24, 2.45) is 0 Å². The maximum atomic E-state index is 12.7. The summed E-state index contributed by atoms with van der Waals surface area (Å²) in [4.78, 5) is 13.7. The molecular formula is C25H27NO2S. The van der Waals surface area contributed by atoms with E-state index in [0.29, 0.717) is 24.6 Å². The fourth-order valence-corrected chi connectivity index (χ4v) is 4.03. The number of benzene rings is 3. The Kier molecular flexibility index (Phi) is 7.77. The lowest BCUT2D eigenvalue weighted by atomic mass is 10.0. The Hall–Kier alpha value is -2.72. The van der Waals surface area contributed by atoms with E-state index in [9.17, 15) is 4.79 Å². The lowest BCUT2D eigenvalue weighted by molar-refractivity contribution is 0.0944. The van der Waals surface area contributed by atoms with Crippen LogP contribution in [0.5, 0.6) is 5.75 Å². The van der Waals surface area contributed by atoms with Gasteiger partial charge in [-0.1, -0.05) is 74.5 Å². The Morgan fingerprint density at radius 1 is 0.931 bits per heavy atom. The highest BCUT2D eigenvalue weighted by Crippen LogP contribution is 2.27. The van der Waals surface area contributed by atoms with Crippen molar-refractivity contribution in [2.75, 3.05) is 13.2 Å². The maximum Gasteiger partial charge on any atom is 0.252 e. The van der Waals surface area contributed by atoms with Gasteiger partial charge in [-0.05, 0) is 35.2 Å². The molecular weight excluding hydrogens is 378 g/mol. The van der Waals surface area contributed by atoms with Gasteiger partial charge in [-0.15, -0.1) is 11.8 Å². The van der Waals surface area contributed by atoms with Crippen LogP contribution in [0, 0.1) is 0 Å². The Morgan fingerprint density at radius 3 is 2.41 bits per heavy atom. The molecule has 0 aliphatic carbocycles. The van der Waals surface area contributed by atoms with Gasteiger partial charge < -0.3 is 10.1 Å². The van der Waals surface area contributed by atoms with Crippen LogP contribution in [0.4, 0.5) is 0 Å². The molecule has 0 saturated heterocycles. The van der Waals surface area contributed by atoms with Crippen LogP contribution in [-0.2, 0) is 5.75 Å². The summed E-state index contributed by atoms with van der Waals surface area (Å²) in [5, 5.41) is 2.98. The van der Waals surface area contributed by atoms with Gasteiger partial charge in [0, 0.05) is 10.6 Å². The number of ether oxygens (including phenoxy) is 1. The zero-order chi connectivity index (χ0) is 20.5. The molecule has 3 aromatic rings. The van der Waals surface area contributed by atoms with Crippen molar-refractivity contribution < 1.29 is 9.53 Å². The maximum absolute atomic E-state index is 12.7. The molecule has 3 rings (SSSR count). The van der Waals surface area contributed by atoms with E-state index in [0.717, 1.165) is 16.4 Å². The van der Waals surface area contributed by atoms with E-state index in [-0.39, 0.29) is 5.91 Å². The highest BCUT2D eigenvalue weighted by Gasteiger charge is 2.12. The number of hydrogen-bond acceptors (Lipinski definition) is 3. The van der Waals surface area contributed by atoms with Crippen molar-refractivity contribution in [3.05, 3.63) is 95.6 Å². The first kappa shape index (κ1) is 21.0. The molecule has 1 amide bonds. The zero-order valence-electron chi connectivity index (χ0n) is 16.9. The van der Waals surface area contributed by atoms with Crippen molar-refractivity contribution in [1.82, 2.24) is 5.32 Å². The Morgan fingerprint density at radius 2 is 1.62 bits per heavy atom. The molecule has 0 aromatic heterocycles. The number of thioether (sulfide) groups is 1. The highest BCUT2D eigenvalue weighted by molar-refractivity contribution is 7.98. The number of carbonyl (C=O) groups excluding carboxylic acids is 1. The summed E-state index contributed by atoms with van der Waals surface area (Å²) in [6.45, 7) is 5.19. The Labute approximate surface area is 177 Å². The van der Waals surface area contributed by atoms with E-state index in [1.165, 1.54) is 11.1 Å². The monoisotopic (exact) mass is 405 g/mol. The van der Waals surface area contributed by atoms with Gasteiger partial charge in [0.1, 0.15) is 12.4 Å². The molecule has 0 bridgehead atoms. The highest BCUT2D eigenvalue weighted by atomic mass is 32.2. The fraction of sp³-hybridized carbons (Fsp3) is 0.240. The lowest BCUT2D eigenvalue weighted by Gasteiger charge is -2.14. The molecule has 0 atom stereocenters. The summed E-state index contributed by atoms with van der Waals surface area (Å²) in [5.74, 6) is 2.05. The van der Waals surface area contributed by atoms with E-state index < -0.39 is 0 Å². The minimum atomic E-state index is -0.0677. The molecule has 0 fully saturated rings. The van der Waals surface area contributed by atoms with Crippen LogP contribution >= 0.6 is 11.8 Å². The summed E-state index contributed by atoms with van der Waals surface area (Å²) in [5.41, 5.74) is 3.13.